The van der Waals surface area contributed by atoms with Crippen LogP contribution < -0.4 is 10.9 Å². The Bertz CT molecular complexity index is 587. The number of hydrogen-bond donors (Lipinski definition) is 2. The molecular formula is C15H20N2O3. The lowest BCUT2D eigenvalue weighted by molar-refractivity contribution is 0.109. The number of nitrogens with one attached hydrogen (secondary N) is 1. The van der Waals surface area contributed by atoms with E-state index in [1.807, 2.05) is 44.2 Å². The fraction of sp³-hybridized carbons (Fsp3) is 0.400. The van der Waals surface area contributed by atoms with Crippen LogP contribution in [0.5, 0.6) is 0 Å². The van der Waals surface area contributed by atoms with Gasteiger partial charge in [-0.3, -0.25) is 4.79 Å². The molecule has 1 aromatic carbocycles. The molecule has 0 radical (unpaired) electrons. The maximum atomic E-state index is 11.8. The first-order valence-corrected chi connectivity index (χ1v) is 6.74. The Morgan fingerprint density at radius 2 is 2.00 bits per heavy atom. The fourth-order valence-corrected chi connectivity index (χ4v) is 1.87. The summed E-state index contributed by atoms with van der Waals surface area (Å²) in [5.74, 6) is 0.514. The average Bonchev–Trinajstić information content (AvgIpc) is 2.79. The van der Waals surface area contributed by atoms with Gasteiger partial charge in [-0.1, -0.05) is 44.2 Å². The second-order valence-electron chi connectivity index (χ2n) is 5.08. The van der Waals surface area contributed by atoms with E-state index in [1.165, 1.54) is 10.8 Å². The zero-order chi connectivity index (χ0) is 14.5. The smallest absolute Gasteiger partial charge is 0.283 e. The van der Waals surface area contributed by atoms with Crippen molar-refractivity contribution in [1.29, 1.82) is 0 Å². The van der Waals surface area contributed by atoms with Gasteiger partial charge in [0.2, 0.25) is 0 Å². The first-order chi connectivity index (χ1) is 9.56. The second kappa shape index (κ2) is 6.54. The predicted octanol–water partition coefficient (Wildman–Crippen LogP) is 1.47. The van der Waals surface area contributed by atoms with Gasteiger partial charge in [0, 0.05) is 18.2 Å². The van der Waals surface area contributed by atoms with Gasteiger partial charge in [-0.2, -0.15) is 4.74 Å². The van der Waals surface area contributed by atoms with Crippen LogP contribution in [0, 0.1) is 0 Å². The fourth-order valence-electron chi connectivity index (χ4n) is 1.87. The number of hydrogen-bond acceptors (Lipinski definition) is 4. The number of aliphatic hydroxyl groups is 1. The van der Waals surface area contributed by atoms with Crippen molar-refractivity contribution in [3.8, 4) is 11.3 Å². The van der Waals surface area contributed by atoms with Gasteiger partial charge in [0.25, 0.3) is 5.56 Å². The molecule has 108 valence electrons. The Kier molecular flexibility index (Phi) is 4.76. The van der Waals surface area contributed by atoms with Crippen molar-refractivity contribution in [1.82, 2.24) is 10.1 Å². The topological polar surface area (TPSA) is 67.4 Å². The molecule has 0 aliphatic heterocycles. The van der Waals surface area contributed by atoms with Crippen molar-refractivity contribution in [3.05, 3.63) is 46.8 Å². The van der Waals surface area contributed by atoms with Gasteiger partial charge in [-0.05, 0) is 0 Å². The van der Waals surface area contributed by atoms with E-state index < -0.39 is 6.10 Å². The molecule has 1 heterocycles. The highest BCUT2D eigenvalue weighted by Gasteiger charge is 2.12. The molecule has 2 aromatic rings. The van der Waals surface area contributed by atoms with Crippen molar-refractivity contribution in [2.75, 3.05) is 6.54 Å². The maximum absolute atomic E-state index is 11.8. The molecule has 0 saturated heterocycles. The molecule has 0 aliphatic carbocycles. The van der Waals surface area contributed by atoms with Crippen LogP contribution in [0.4, 0.5) is 0 Å². The van der Waals surface area contributed by atoms with E-state index in [1.54, 1.807) is 0 Å². The zero-order valence-electron chi connectivity index (χ0n) is 11.7. The number of rotatable bonds is 6. The largest absolute Gasteiger partial charge is 0.390 e. The highest BCUT2D eigenvalue weighted by Crippen LogP contribution is 2.16. The normalized spacial score (nSPS) is 12.8. The third kappa shape index (κ3) is 3.82. The molecule has 5 heteroatoms. The molecule has 0 fully saturated rings. The van der Waals surface area contributed by atoms with Crippen LogP contribution in [-0.4, -0.2) is 28.5 Å². The van der Waals surface area contributed by atoms with Crippen LogP contribution in [0.1, 0.15) is 13.8 Å². The summed E-state index contributed by atoms with van der Waals surface area (Å²) >= 11 is 0. The number of benzene rings is 1. The SMILES string of the molecule is CC(C)NCC(O)Cn1oc(-c2ccccc2)cc1=O. The van der Waals surface area contributed by atoms with E-state index in [-0.39, 0.29) is 18.1 Å². The Hall–Kier alpha value is -1.85. The van der Waals surface area contributed by atoms with Gasteiger partial charge in [0.05, 0.1) is 18.7 Å². The summed E-state index contributed by atoms with van der Waals surface area (Å²) in [6, 6.07) is 11.1. The van der Waals surface area contributed by atoms with E-state index in [0.717, 1.165) is 5.56 Å². The van der Waals surface area contributed by atoms with Gasteiger partial charge < -0.3 is 14.9 Å². The molecule has 0 spiro atoms. The lowest BCUT2D eigenvalue weighted by atomic mass is 10.2. The summed E-state index contributed by atoms with van der Waals surface area (Å²) in [5, 5.41) is 13.0. The molecule has 2 N–H and O–H groups in total. The average molecular weight is 276 g/mol. The molecular weight excluding hydrogens is 256 g/mol. The molecule has 1 aromatic heterocycles. The van der Waals surface area contributed by atoms with Gasteiger partial charge in [-0.15, -0.1) is 0 Å². The minimum atomic E-state index is -0.662. The van der Waals surface area contributed by atoms with Gasteiger partial charge >= 0.3 is 0 Å². The van der Waals surface area contributed by atoms with E-state index in [9.17, 15) is 9.90 Å². The molecule has 1 unspecified atom stereocenters. The first-order valence-electron chi connectivity index (χ1n) is 6.74. The number of nitrogens with zero attached hydrogens (tertiary/aromatic N) is 1. The monoisotopic (exact) mass is 276 g/mol. The van der Waals surface area contributed by atoms with Crippen molar-refractivity contribution in [2.24, 2.45) is 0 Å². The third-order valence-corrected chi connectivity index (χ3v) is 2.91. The summed E-state index contributed by atoms with van der Waals surface area (Å²) in [7, 11) is 0. The van der Waals surface area contributed by atoms with Crippen molar-refractivity contribution in [3.63, 3.8) is 0 Å². The molecule has 2 rings (SSSR count). The molecule has 0 saturated carbocycles. The second-order valence-corrected chi connectivity index (χ2v) is 5.08. The quantitative estimate of drug-likeness (QED) is 0.838. The summed E-state index contributed by atoms with van der Waals surface area (Å²) in [6.07, 6.45) is -0.662. The van der Waals surface area contributed by atoms with Crippen LogP contribution in [0.15, 0.2) is 45.7 Å². The number of aliphatic hydroxyl groups excluding tert-OH is 1. The summed E-state index contributed by atoms with van der Waals surface area (Å²) in [4.78, 5) is 11.8. The van der Waals surface area contributed by atoms with E-state index >= 15 is 0 Å². The molecule has 5 nitrogen and oxygen atoms in total. The van der Waals surface area contributed by atoms with Crippen LogP contribution in [-0.2, 0) is 6.54 Å². The highest BCUT2D eigenvalue weighted by molar-refractivity contribution is 5.55. The van der Waals surface area contributed by atoms with Crippen LogP contribution in [0.2, 0.25) is 0 Å². The lowest BCUT2D eigenvalue weighted by Gasteiger charge is -2.13. The summed E-state index contributed by atoms with van der Waals surface area (Å²) in [5.41, 5.74) is 0.602. The highest BCUT2D eigenvalue weighted by atomic mass is 16.5. The van der Waals surface area contributed by atoms with Gasteiger partial charge in [0.15, 0.2) is 5.76 Å². The first kappa shape index (κ1) is 14.6. The van der Waals surface area contributed by atoms with Crippen LogP contribution in [0.25, 0.3) is 11.3 Å². The van der Waals surface area contributed by atoms with E-state index in [2.05, 4.69) is 5.32 Å². The molecule has 0 amide bonds. The lowest BCUT2D eigenvalue weighted by Crippen LogP contribution is -2.35. The van der Waals surface area contributed by atoms with Crippen molar-refractivity contribution < 1.29 is 9.63 Å². The Morgan fingerprint density at radius 1 is 1.30 bits per heavy atom. The Balaban J connectivity index is 2.07. The van der Waals surface area contributed by atoms with Gasteiger partial charge in [-0.25, -0.2) is 0 Å². The van der Waals surface area contributed by atoms with Crippen molar-refractivity contribution in [2.45, 2.75) is 32.5 Å². The standard InChI is InChI=1S/C15H20N2O3/c1-11(2)16-9-13(18)10-17-15(19)8-14(20-17)12-6-4-3-5-7-12/h3-8,11,13,16,18H,9-10H2,1-2H3. The predicted molar refractivity (Wildman–Crippen MR) is 77.5 cm³/mol. The zero-order valence-corrected chi connectivity index (χ0v) is 11.7. The summed E-state index contributed by atoms with van der Waals surface area (Å²) in [6.45, 7) is 4.56. The van der Waals surface area contributed by atoms with E-state index in [0.29, 0.717) is 12.3 Å². The molecule has 0 aliphatic rings. The molecule has 1 atom stereocenters. The maximum Gasteiger partial charge on any atom is 0.283 e. The van der Waals surface area contributed by atoms with Crippen molar-refractivity contribution >= 4 is 0 Å². The Labute approximate surface area is 117 Å². The molecule has 20 heavy (non-hydrogen) atoms. The van der Waals surface area contributed by atoms with Gasteiger partial charge in [0.1, 0.15) is 0 Å². The van der Waals surface area contributed by atoms with Crippen LogP contribution >= 0.6 is 0 Å². The minimum Gasteiger partial charge on any atom is -0.390 e. The minimum absolute atomic E-state index is 0.144. The van der Waals surface area contributed by atoms with Crippen LogP contribution in [0.3, 0.4) is 0 Å². The summed E-state index contributed by atoms with van der Waals surface area (Å²) < 4.78 is 6.68. The van der Waals surface area contributed by atoms with E-state index in [4.69, 9.17) is 4.52 Å². The molecule has 0 bridgehead atoms. The Morgan fingerprint density at radius 3 is 2.65 bits per heavy atom. The third-order valence-electron chi connectivity index (χ3n) is 2.91. The number of aromatic nitrogens is 1.